The Morgan fingerprint density at radius 2 is 1.95 bits per heavy atom. The molecule has 0 amide bonds. The zero-order chi connectivity index (χ0) is 15.3. The minimum atomic E-state index is -4.05. The van der Waals surface area contributed by atoms with Crippen LogP contribution in [0.3, 0.4) is 0 Å². The molecule has 0 atom stereocenters. The van der Waals surface area contributed by atoms with Gasteiger partial charge in [0, 0.05) is 16.6 Å². The number of rotatable bonds is 7. The van der Waals surface area contributed by atoms with Gasteiger partial charge in [-0.2, -0.15) is 8.78 Å². The standard InChI is InChI=1S/C12H13Br2F4NO/c1-2-20-10-7(3-8(13)4-9(10)14)5-19-6-12(17,18)11(15)16/h3-4,11,19H,2,5-6H2,1H3. The number of hydrogen-bond donors (Lipinski definition) is 1. The largest absolute Gasteiger partial charge is 0.492 e. The Morgan fingerprint density at radius 3 is 2.50 bits per heavy atom. The van der Waals surface area contributed by atoms with Crippen molar-refractivity contribution in [3.05, 3.63) is 26.6 Å². The van der Waals surface area contributed by atoms with Crippen molar-refractivity contribution in [2.45, 2.75) is 25.8 Å². The van der Waals surface area contributed by atoms with E-state index in [1.54, 1.807) is 19.1 Å². The molecule has 1 N–H and O–H groups in total. The summed E-state index contributed by atoms with van der Waals surface area (Å²) >= 11 is 6.57. The van der Waals surface area contributed by atoms with Gasteiger partial charge in [-0.1, -0.05) is 15.9 Å². The van der Waals surface area contributed by atoms with Crippen molar-refractivity contribution in [1.82, 2.24) is 5.32 Å². The third kappa shape index (κ3) is 4.89. The third-order valence-electron chi connectivity index (χ3n) is 2.37. The van der Waals surface area contributed by atoms with Crippen molar-refractivity contribution in [3.63, 3.8) is 0 Å². The summed E-state index contributed by atoms with van der Waals surface area (Å²) < 4.78 is 56.5. The van der Waals surface area contributed by atoms with Crippen molar-refractivity contribution < 1.29 is 22.3 Å². The highest BCUT2D eigenvalue weighted by atomic mass is 79.9. The molecule has 1 rings (SSSR count). The predicted octanol–water partition coefficient (Wildman–Crippen LogP) is 4.60. The number of hydrogen-bond acceptors (Lipinski definition) is 2. The molecule has 0 saturated carbocycles. The number of ether oxygens (including phenoxy) is 1. The Bertz CT molecular complexity index is 457. The Labute approximate surface area is 131 Å². The van der Waals surface area contributed by atoms with Gasteiger partial charge in [0.05, 0.1) is 17.6 Å². The van der Waals surface area contributed by atoms with Crippen molar-refractivity contribution >= 4 is 31.9 Å². The maximum atomic E-state index is 12.8. The maximum absolute atomic E-state index is 12.8. The van der Waals surface area contributed by atoms with Crippen LogP contribution in [0.1, 0.15) is 12.5 Å². The molecule has 0 aliphatic carbocycles. The topological polar surface area (TPSA) is 21.3 Å². The number of nitrogens with one attached hydrogen (secondary N) is 1. The highest BCUT2D eigenvalue weighted by Crippen LogP contribution is 2.33. The second-order valence-corrected chi connectivity index (χ2v) is 5.74. The second-order valence-electron chi connectivity index (χ2n) is 3.97. The summed E-state index contributed by atoms with van der Waals surface area (Å²) in [5, 5.41) is 2.32. The zero-order valence-corrected chi connectivity index (χ0v) is 13.7. The maximum Gasteiger partial charge on any atom is 0.319 e. The molecule has 1 aromatic rings. The molecule has 8 heteroatoms. The summed E-state index contributed by atoms with van der Waals surface area (Å²) in [4.78, 5) is 0. The lowest BCUT2D eigenvalue weighted by atomic mass is 10.2. The average molecular weight is 423 g/mol. The second kappa shape index (κ2) is 7.61. The first-order chi connectivity index (χ1) is 9.27. The smallest absolute Gasteiger partial charge is 0.319 e. The van der Waals surface area contributed by atoms with Gasteiger partial charge in [0.25, 0.3) is 0 Å². The molecule has 0 aliphatic heterocycles. The molecule has 1 aromatic carbocycles. The van der Waals surface area contributed by atoms with Crippen molar-refractivity contribution in [2.75, 3.05) is 13.2 Å². The van der Waals surface area contributed by atoms with Crippen LogP contribution < -0.4 is 10.1 Å². The monoisotopic (exact) mass is 421 g/mol. The van der Waals surface area contributed by atoms with Crippen molar-refractivity contribution in [3.8, 4) is 5.75 Å². The van der Waals surface area contributed by atoms with E-state index >= 15 is 0 Å². The Hall–Kier alpha value is -0.340. The minimum absolute atomic E-state index is 0.00428. The molecule has 0 fully saturated rings. The summed E-state index contributed by atoms with van der Waals surface area (Å²) in [6.45, 7) is 1.09. The fourth-order valence-corrected chi connectivity index (χ4v) is 2.92. The fraction of sp³-hybridized carbons (Fsp3) is 0.500. The molecule has 0 heterocycles. The van der Waals surface area contributed by atoms with E-state index < -0.39 is 18.9 Å². The number of benzene rings is 1. The van der Waals surface area contributed by atoms with Crippen LogP contribution in [0.15, 0.2) is 21.1 Å². The molecule has 114 valence electrons. The SMILES string of the molecule is CCOc1c(Br)cc(Br)cc1CNCC(F)(F)C(F)F. The molecule has 0 radical (unpaired) electrons. The molecule has 0 aliphatic rings. The first kappa shape index (κ1) is 17.7. The molecule has 0 aromatic heterocycles. The first-order valence-corrected chi connectivity index (χ1v) is 7.34. The van der Waals surface area contributed by atoms with E-state index in [1.807, 2.05) is 0 Å². The zero-order valence-electron chi connectivity index (χ0n) is 10.5. The number of alkyl halides is 4. The summed E-state index contributed by atoms with van der Waals surface area (Å²) in [6, 6.07) is 3.44. The third-order valence-corrected chi connectivity index (χ3v) is 3.42. The van der Waals surface area contributed by atoms with E-state index in [2.05, 4.69) is 37.2 Å². The van der Waals surface area contributed by atoms with Gasteiger partial charge in [0.2, 0.25) is 0 Å². The summed E-state index contributed by atoms with van der Waals surface area (Å²) in [6.07, 6.45) is -3.68. The van der Waals surface area contributed by atoms with Gasteiger partial charge >= 0.3 is 12.3 Å². The lowest BCUT2D eigenvalue weighted by molar-refractivity contribution is -0.125. The predicted molar refractivity (Wildman–Crippen MR) is 75.7 cm³/mol. The molecular formula is C12H13Br2F4NO. The molecule has 2 nitrogen and oxygen atoms in total. The average Bonchev–Trinajstić information content (AvgIpc) is 2.33. The van der Waals surface area contributed by atoms with Crippen LogP contribution in [-0.4, -0.2) is 25.5 Å². The minimum Gasteiger partial charge on any atom is -0.492 e. The molecule has 0 unspecified atom stereocenters. The van der Waals surface area contributed by atoms with E-state index in [1.165, 1.54) is 0 Å². The van der Waals surface area contributed by atoms with Crippen LogP contribution in [0.4, 0.5) is 17.6 Å². The van der Waals surface area contributed by atoms with Crippen molar-refractivity contribution in [1.29, 1.82) is 0 Å². The normalized spacial score (nSPS) is 12.0. The van der Waals surface area contributed by atoms with Gasteiger partial charge in [-0.3, -0.25) is 0 Å². The molecule has 20 heavy (non-hydrogen) atoms. The Kier molecular flexibility index (Phi) is 6.74. The lowest BCUT2D eigenvalue weighted by Gasteiger charge is -2.17. The van der Waals surface area contributed by atoms with Gasteiger partial charge in [-0.25, -0.2) is 8.78 Å². The van der Waals surface area contributed by atoms with E-state index in [4.69, 9.17) is 4.74 Å². The van der Waals surface area contributed by atoms with Gasteiger partial charge in [-0.05, 0) is 35.0 Å². The lowest BCUT2D eigenvalue weighted by Crippen LogP contribution is -2.38. The van der Waals surface area contributed by atoms with E-state index in [0.717, 1.165) is 4.47 Å². The van der Waals surface area contributed by atoms with Gasteiger partial charge in [0.1, 0.15) is 5.75 Å². The summed E-state index contributed by atoms with van der Waals surface area (Å²) in [7, 11) is 0. The van der Waals surface area contributed by atoms with Gasteiger partial charge in [0.15, 0.2) is 0 Å². The van der Waals surface area contributed by atoms with Crippen LogP contribution >= 0.6 is 31.9 Å². The van der Waals surface area contributed by atoms with Crippen LogP contribution in [0.5, 0.6) is 5.75 Å². The Balaban J connectivity index is 2.77. The van der Waals surface area contributed by atoms with E-state index in [-0.39, 0.29) is 6.54 Å². The molecule has 0 bridgehead atoms. The Morgan fingerprint density at radius 1 is 1.30 bits per heavy atom. The summed E-state index contributed by atoms with van der Waals surface area (Å²) in [5.41, 5.74) is 0.596. The van der Waals surface area contributed by atoms with E-state index in [9.17, 15) is 17.6 Å². The van der Waals surface area contributed by atoms with Crippen LogP contribution in [0.2, 0.25) is 0 Å². The first-order valence-electron chi connectivity index (χ1n) is 5.75. The van der Waals surface area contributed by atoms with Crippen LogP contribution in [0.25, 0.3) is 0 Å². The van der Waals surface area contributed by atoms with Crippen LogP contribution in [0, 0.1) is 0 Å². The van der Waals surface area contributed by atoms with Crippen molar-refractivity contribution in [2.24, 2.45) is 0 Å². The van der Waals surface area contributed by atoms with Gasteiger partial charge in [-0.15, -0.1) is 0 Å². The number of halogens is 6. The fourth-order valence-electron chi connectivity index (χ4n) is 1.49. The van der Waals surface area contributed by atoms with E-state index in [0.29, 0.717) is 22.4 Å². The highest BCUT2D eigenvalue weighted by Gasteiger charge is 2.40. The molecular weight excluding hydrogens is 410 g/mol. The highest BCUT2D eigenvalue weighted by molar-refractivity contribution is 9.11. The summed E-state index contributed by atoms with van der Waals surface area (Å²) in [5.74, 6) is -3.54. The quantitative estimate of drug-likeness (QED) is 0.648. The molecule has 0 saturated heterocycles. The molecule has 0 spiro atoms. The van der Waals surface area contributed by atoms with Gasteiger partial charge < -0.3 is 10.1 Å². The van der Waals surface area contributed by atoms with Crippen LogP contribution in [-0.2, 0) is 6.54 Å².